The number of fused-ring (bicyclic) bond motifs is 1. The van der Waals surface area contributed by atoms with Crippen molar-refractivity contribution in [3.05, 3.63) is 113 Å². The number of benzene rings is 2. The Kier molecular flexibility index (Phi) is 7.86. The van der Waals surface area contributed by atoms with Crippen molar-refractivity contribution in [3.8, 4) is 0 Å². The van der Waals surface area contributed by atoms with Crippen LogP contribution in [0, 0.1) is 28.7 Å². The molecule has 0 unspecified atom stereocenters. The lowest BCUT2D eigenvalue weighted by atomic mass is 9.64. The molecule has 0 radical (unpaired) electrons. The highest BCUT2D eigenvalue weighted by atomic mass is 32.2. The zero-order valence-corrected chi connectivity index (χ0v) is 23.3. The highest BCUT2D eigenvalue weighted by Gasteiger charge is 2.51. The summed E-state index contributed by atoms with van der Waals surface area (Å²) in [5.74, 6) is -5.98. The molecule has 12 heteroatoms. The molecule has 1 fully saturated rings. The van der Waals surface area contributed by atoms with Crippen LogP contribution in [0.5, 0.6) is 0 Å². The van der Waals surface area contributed by atoms with E-state index in [4.69, 9.17) is 5.73 Å². The summed E-state index contributed by atoms with van der Waals surface area (Å²) in [5, 5.41) is 0. The van der Waals surface area contributed by atoms with E-state index in [2.05, 4.69) is 9.98 Å². The van der Waals surface area contributed by atoms with Crippen molar-refractivity contribution < 1.29 is 30.8 Å². The molecule has 7 nitrogen and oxygen atoms in total. The summed E-state index contributed by atoms with van der Waals surface area (Å²) in [4.78, 5) is 22.4. The van der Waals surface area contributed by atoms with Crippen molar-refractivity contribution in [2.24, 2.45) is 16.1 Å². The molecule has 1 atom stereocenters. The van der Waals surface area contributed by atoms with E-state index in [-0.39, 0.29) is 31.6 Å². The Balaban J connectivity index is 1.64. The molecule has 1 aromatic heterocycles. The average molecular weight is 599 g/mol. The van der Waals surface area contributed by atoms with Crippen molar-refractivity contribution >= 4 is 27.2 Å². The van der Waals surface area contributed by atoms with Crippen LogP contribution < -0.4 is 5.73 Å². The van der Waals surface area contributed by atoms with Crippen molar-refractivity contribution in [1.82, 2.24) is 9.29 Å². The lowest BCUT2D eigenvalue weighted by Gasteiger charge is -2.45. The Morgan fingerprint density at radius 1 is 1.10 bits per heavy atom. The fourth-order valence-electron chi connectivity index (χ4n) is 5.32. The molecule has 0 saturated carbocycles. The predicted octanol–water partition coefficient (Wildman–Crippen LogP) is 5.41. The number of carbonyl (C=O) groups excluding carboxylic acids is 1. The largest absolute Gasteiger partial charge is 0.404 e. The van der Waals surface area contributed by atoms with Crippen molar-refractivity contribution in [2.45, 2.75) is 31.1 Å². The number of piperidine rings is 1. The van der Waals surface area contributed by atoms with Gasteiger partial charge < -0.3 is 5.73 Å². The van der Waals surface area contributed by atoms with Crippen LogP contribution in [0.4, 0.5) is 23.2 Å². The number of halogens is 4. The van der Waals surface area contributed by atoms with Crippen LogP contribution in [0.1, 0.15) is 35.8 Å². The highest BCUT2D eigenvalue weighted by Crippen LogP contribution is 2.47. The molecule has 42 heavy (non-hydrogen) atoms. The molecule has 0 spiro atoms. The first-order valence-electron chi connectivity index (χ1n) is 13.1. The quantitative estimate of drug-likeness (QED) is 0.232. The SMILES string of the molecule is CCc1ccnc(C(=O)[C@]23CC(=CN)C(=Nc4ccc(F)cc4)C=C2CCN(S(=O)(=O)c2cc(F)c(F)c(F)c2)C3)c1. The number of carbonyl (C=O) groups is 1. The Hall–Kier alpha value is -4.16. The molecule has 0 amide bonds. The lowest BCUT2D eigenvalue weighted by Crippen LogP contribution is -2.53. The normalized spacial score (nSPS) is 21.3. The van der Waals surface area contributed by atoms with E-state index in [0.29, 0.717) is 41.1 Å². The first-order chi connectivity index (χ1) is 20.0. The summed E-state index contributed by atoms with van der Waals surface area (Å²) in [6.45, 7) is 1.40. The summed E-state index contributed by atoms with van der Waals surface area (Å²) in [6, 6.07) is 9.72. The number of allylic oxidation sites excluding steroid dienone is 2. The fourth-order valence-corrected chi connectivity index (χ4v) is 6.84. The van der Waals surface area contributed by atoms with Crippen molar-refractivity contribution in [3.63, 3.8) is 0 Å². The van der Waals surface area contributed by atoms with Gasteiger partial charge in [0.1, 0.15) is 11.5 Å². The third-order valence-corrected chi connectivity index (χ3v) is 9.42. The minimum absolute atomic E-state index is 0.0512. The van der Waals surface area contributed by atoms with E-state index < -0.39 is 49.4 Å². The van der Waals surface area contributed by atoms with Gasteiger partial charge >= 0.3 is 0 Å². The number of ketones is 1. The Bertz CT molecular complexity index is 1750. The molecule has 1 aliphatic carbocycles. The topological polar surface area (TPSA) is 106 Å². The van der Waals surface area contributed by atoms with Gasteiger partial charge in [-0.05, 0) is 91.2 Å². The first-order valence-corrected chi connectivity index (χ1v) is 14.5. The van der Waals surface area contributed by atoms with E-state index >= 15 is 0 Å². The monoisotopic (exact) mass is 598 g/mol. The third-order valence-electron chi connectivity index (χ3n) is 7.60. The third kappa shape index (κ3) is 5.27. The highest BCUT2D eigenvalue weighted by molar-refractivity contribution is 7.89. The van der Waals surface area contributed by atoms with E-state index in [1.165, 1.54) is 36.7 Å². The number of nitrogens with two attached hydrogens (primary N) is 1. The maximum Gasteiger partial charge on any atom is 0.243 e. The Morgan fingerprint density at radius 3 is 2.43 bits per heavy atom. The van der Waals surface area contributed by atoms with Crippen LogP contribution in [0.15, 0.2) is 88.0 Å². The number of aromatic nitrogens is 1. The van der Waals surface area contributed by atoms with Gasteiger partial charge in [0.05, 0.1) is 21.7 Å². The number of aliphatic imine (C=N–C) groups is 1. The van der Waals surface area contributed by atoms with Gasteiger partial charge in [-0.15, -0.1) is 0 Å². The van der Waals surface area contributed by atoms with Gasteiger partial charge in [-0.2, -0.15) is 4.31 Å². The number of rotatable bonds is 6. The summed E-state index contributed by atoms with van der Waals surface area (Å²) in [5.41, 5.74) is 7.35. The first kappa shape index (κ1) is 29.3. The molecule has 0 bridgehead atoms. The molecule has 2 N–H and O–H groups in total. The summed E-state index contributed by atoms with van der Waals surface area (Å²) in [6.07, 6.45) is 5.10. The van der Waals surface area contributed by atoms with E-state index in [1.807, 2.05) is 6.92 Å². The minimum atomic E-state index is -4.56. The zero-order chi connectivity index (χ0) is 30.2. The van der Waals surface area contributed by atoms with E-state index in [0.717, 1.165) is 9.87 Å². The van der Waals surface area contributed by atoms with Crippen LogP contribution in [0.3, 0.4) is 0 Å². The molecule has 1 aliphatic heterocycles. The van der Waals surface area contributed by atoms with Crippen LogP contribution in [0.25, 0.3) is 0 Å². The fraction of sp³-hybridized carbons (Fsp3) is 0.233. The predicted molar refractivity (Wildman–Crippen MR) is 149 cm³/mol. The molecule has 1 saturated heterocycles. The number of hydrogen-bond acceptors (Lipinski definition) is 6. The lowest BCUT2D eigenvalue weighted by molar-refractivity contribution is 0.0770. The van der Waals surface area contributed by atoms with Crippen molar-refractivity contribution in [2.75, 3.05) is 13.1 Å². The smallest absolute Gasteiger partial charge is 0.243 e. The second-order valence-corrected chi connectivity index (χ2v) is 12.1. The maximum absolute atomic E-state index is 14.3. The number of aryl methyl sites for hydroxylation is 1. The standard InChI is InChI=1S/C30H26F4N4O3S/c1-2-18-7-9-36-27(11-18)29(39)30-15-19(16-35)26(37-22-5-3-21(31)4-6-22)12-20(30)8-10-38(17-30)42(40,41)23-13-24(32)28(34)25(33)14-23/h3-7,9,11-14,16H,2,8,10,15,17,35H2,1H3/t30-/m0/s1. The van der Waals surface area contributed by atoms with Gasteiger partial charge in [0.15, 0.2) is 23.2 Å². The Morgan fingerprint density at radius 2 is 1.79 bits per heavy atom. The van der Waals surface area contributed by atoms with Crippen LogP contribution >= 0.6 is 0 Å². The summed E-state index contributed by atoms with van der Waals surface area (Å²) >= 11 is 0. The van der Waals surface area contributed by atoms with Gasteiger partial charge in [-0.25, -0.2) is 31.0 Å². The molecule has 5 rings (SSSR count). The molecule has 3 aromatic rings. The number of hydrogen-bond donors (Lipinski definition) is 1. The zero-order valence-electron chi connectivity index (χ0n) is 22.5. The maximum atomic E-state index is 14.3. The van der Waals surface area contributed by atoms with Crippen LogP contribution in [0.2, 0.25) is 0 Å². The molecule has 2 aliphatic rings. The van der Waals surface area contributed by atoms with Crippen LogP contribution in [-0.2, 0) is 16.4 Å². The summed E-state index contributed by atoms with van der Waals surface area (Å²) in [7, 11) is -4.56. The van der Waals surface area contributed by atoms with E-state index in [1.54, 1.807) is 18.2 Å². The second-order valence-electron chi connectivity index (χ2n) is 10.1. The Labute approximate surface area is 240 Å². The number of nitrogens with zero attached hydrogens (tertiary/aromatic N) is 3. The van der Waals surface area contributed by atoms with E-state index in [9.17, 15) is 30.8 Å². The number of Topliss-reactive ketones (excluding diaryl/α,β-unsaturated/α-hetero) is 1. The summed E-state index contributed by atoms with van der Waals surface area (Å²) < 4.78 is 83.3. The van der Waals surface area contributed by atoms with Gasteiger partial charge in [-0.1, -0.05) is 12.5 Å². The molecule has 2 heterocycles. The molecule has 218 valence electrons. The van der Waals surface area contributed by atoms with Gasteiger partial charge in [-0.3, -0.25) is 9.78 Å². The van der Waals surface area contributed by atoms with Gasteiger partial charge in [0.2, 0.25) is 10.0 Å². The molecular formula is C30H26F4N4O3S. The van der Waals surface area contributed by atoms with Crippen LogP contribution in [-0.4, -0.2) is 42.3 Å². The van der Waals surface area contributed by atoms with Gasteiger partial charge in [0, 0.05) is 19.3 Å². The van der Waals surface area contributed by atoms with Crippen molar-refractivity contribution in [1.29, 1.82) is 0 Å². The second kappa shape index (κ2) is 11.3. The molecular weight excluding hydrogens is 572 g/mol. The average Bonchev–Trinajstić information content (AvgIpc) is 2.99. The number of sulfonamides is 1. The minimum Gasteiger partial charge on any atom is -0.404 e. The van der Waals surface area contributed by atoms with Gasteiger partial charge in [0.25, 0.3) is 0 Å². The molecule has 2 aromatic carbocycles. The number of pyridine rings is 1.